The van der Waals surface area contributed by atoms with Crippen molar-refractivity contribution in [1.82, 2.24) is 36.7 Å². The molecule has 0 aliphatic rings. The molecule has 0 saturated carbocycles. The van der Waals surface area contributed by atoms with Gasteiger partial charge in [-0.1, -0.05) is 66.5 Å². The van der Waals surface area contributed by atoms with Crippen molar-refractivity contribution in [2.75, 3.05) is 32.9 Å². The number of nitrogens with two attached hydrogens (primary N) is 1. The lowest BCUT2D eigenvalue weighted by molar-refractivity contribution is -0.142. The number of nitrogen functional groups attached to an aromatic ring is 1. The molecule has 0 fully saturated rings. The van der Waals surface area contributed by atoms with E-state index in [2.05, 4.69) is 31.8 Å². The average Bonchev–Trinajstić information content (AvgIpc) is 3.66. The van der Waals surface area contributed by atoms with E-state index in [9.17, 15) is 29.1 Å². The summed E-state index contributed by atoms with van der Waals surface area (Å²) in [6.07, 6.45) is 3.54. The van der Waals surface area contributed by atoms with E-state index in [0.29, 0.717) is 42.9 Å². The van der Waals surface area contributed by atoms with Crippen molar-refractivity contribution in [3.8, 4) is 0 Å². The second-order valence-corrected chi connectivity index (χ2v) is 15.7. The Balaban J connectivity index is 2.35. The summed E-state index contributed by atoms with van der Waals surface area (Å²) in [7, 11) is 3.35. The number of unbranched alkanes of at least 4 members (excludes halogenated alkanes) is 2. The third kappa shape index (κ3) is 16.1. The third-order valence-electron chi connectivity index (χ3n) is 9.89. The standard InChI is InChI=1S/C40H66N8O7S/c1-9-20-48(38(51)35(26(5)10-2)47-46-34(49)14-12-11-13-19-42-7)32(25(3)4)23-33(55-40(54)43-8)37-45-31(24-56-37)36(50)44-30(21-27(6)39(52)53)22-28-15-17-29(41)18-16-28/h15-18,24-27,30,32-33,35,42,47H,9-14,19-23,41H2,1-8H3,(H,43,54)(H,44,50)(H,46,49)(H,52,53). The van der Waals surface area contributed by atoms with E-state index in [-0.39, 0.29) is 42.2 Å². The molecular formula is C40H66N8O7S. The van der Waals surface area contributed by atoms with Crippen molar-refractivity contribution in [3.05, 3.63) is 45.9 Å². The molecule has 4 amide bonds. The summed E-state index contributed by atoms with van der Waals surface area (Å²) in [6.45, 7) is 12.9. The van der Waals surface area contributed by atoms with Gasteiger partial charge in [-0.3, -0.25) is 24.6 Å². The highest BCUT2D eigenvalue weighted by atomic mass is 32.1. The number of aromatic nitrogens is 1. The lowest BCUT2D eigenvalue weighted by atomic mass is 9.92. The first-order valence-corrected chi connectivity index (χ1v) is 20.7. The lowest BCUT2D eigenvalue weighted by Gasteiger charge is -2.39. The topological polar surface area (TPSA) is 217 Å². The molecule has 0 aliphatic carbocycles. The number of nitrogens with zero attached hydrogens (tertiary/aromatic N) is 2. The van der Waals surface area contributed by atoms with Crippen LogP contribution in [0, 0.1) is 17.8 Å². The van der Waals surface area contributed by atoms with E-state index >= 15 is 0 Å². The number of thiazole rings is 1. The van der Waals surface area contributed by atoms with Gasteiger partial charge in [-0.25, -0.2) is 15.2 Å². The van der Waals surface area contributed by atoms with E-state index in [1.165, 1.54) is 7.05 Å². The van der Waals surface area contributed by atoms with Crippen LogP contribution in [0.15, 0.2) is 29.6 Å². The monoisotopic (exact) mass is 802 g/mol. The van der Waals surface area contributed by atoms with E-state index < -0.39 is 48.1 Å². The number of hydrazine groups is 1. The number of hydrogen-bond acceptors (Lipinski definition) is 11. The molecule has 15 nitrogen and oxygen atoms in total. The van der Waals surface area contributed by atoms with Gasteiger partial charge in [0.15, 0.2) is 6.10 Å². The predicted molar refractivity (Wildman–Crippen MR) is 220 cm³/mol. The number of benzene rings is 1. The van der Waals surface area contributed by atoms with Gasteiger partial charge in [0.25, 0.3) is 5.91 Å². The Labute approximate surface area is 336 Å². The van der Waals surface area contributed by atoms with Crippen LogP contribution in [0.1, 0.15) is 120 Å². The number of carboxylic acid groups (broad SMARTS) is 1. The van der Waals surface area contributed by atoms with Crippen LogP contribution in [0.25, 0.3) is 0 Å². The predicted octanol–water partition coefficient (Wildman–Crippen LogP) is 5.04. The molecular weight excluding hydrogens is 737 g/mol. The van der Waals surface area contributed by atoms with Crippen molar-refractivity contribution < 1.29 is 33.8 Å². The first kappa shape index (κ1) is 47.9. The quantitative estimate of drug-likeness (QED) is 0.0380. The minimum absolute atomic E-state index is 0.0703. The van der Waals surface area contributed by atoms with Crippen LogP contribution in [-0.2, 0) is 25.5 Å². The number of carbonyl (C=O) groups excluding carboxylic acids is 4. The van der Waals surface area contributed by atoms with E-state index in [0.717, 1.165) is 42.7 Å². The first-order valence-electron chi connectivity index (χ1n) is 19.9. The Bertz CT molecular complexity index is 1520. The number of anilines is 1. The van der Waals surface area contributed by atoms with Gasteiger partial charge in [-0.05, 0) is 75.2 Å². The molecule has 0 spiro atoms. The number of carbonyl (C=O) groups is 5. The highest BCUT2D eigenvalue weighted by Gasteiger charge is 2.37. The fourth-order valence-electron chi connectivity index (χ4n) is 6.35. The van der Waals surface area contributed by atoms with Crippen LogP contribution in [0.2, 0.25) is 0 Å². The van der Waals surface area contributed by atoms with Gasteiger partial charge in [0.05, 0.1) is 5.92 Å². The maximum atomic E-state index is 14.5. The number of nitrogens with one attached hydrogen (secondary N) is 5. The minimum Gasteiger partial charge on any atom is -0.481 e. The summed E-state index contributed by atoms with van der Waals surface area (Å²) in [5, 5.41) is 20.1. The molecule has 8 N–H and O–H groups in total. The Kier molecular flexibility index (Phi) is 21.4. The summed E-state index contributed by atoms with van der Waals surface area (Å²) in [4.78, 5) is 71.6. The van der Waals surface area contributed by atoms with Gasteiger partial charge in [0, 0.05) is 49.6 Å². The largest absolute Gasteiger partial charge is 0.481 e. The second kappa shape index (κ2) is 25.1. The Morgan fingerprint density at radius 2 is 1.68 bits per heavy atom. The van der Waals surface area contributed by atoms with Crippen LogP contribution < -0.4 is 32.5 Å². The third-order valence-corrected chi connectivity index (χ3v) is 10.8. The highest BCUT2D eigenvalue weighted by molar-refractivity contribution is 7.09. The Morgan fingerprint density at radius 1 is 0.982 bits per heavy atom. The highest BCUT2D eigenvalue weighted by Crippen LogP contribution is 2.32. The van der Waals surface area contributed by atoms with Gasteiger partial charge >= 0.3 is 12.1 Å². The molecule has 0 aliphatic heterocycles. The Morgan fingerprint density at radius 3 is 2.27 bits per heavy atom. The molecule has 1 heterocycles. The molecule has 0 bridgehead atoms. The van der Waals surface area contributed by atoms with Gasteiger partial charge in [-0.2, -0.15) is 0 Å². The molecule has 56 heavy (non-hydrogen) atoms. The average molecular weight is 803 g/mol. The zero-order valence-corrected chi connectivity index (χ0v) is 35.3. The van der Waals surface area contributed by atoms with Gasteiger partial charge in [-0.15, -0.1) is 11.3 Å². The van der Waals surface area contributed by atoms with Gasteiger partial charge < -0.3 is 36.4 Å². The molecule has 0 saturated heterocycles. The van der Waals surface area contributed by atoms with Crippen molar-refractivity contribution in [1.29, 1.82) is 0 Å². The van der Waals surface area contributed by atoms with Crippen LogP contribution >= 0.6 is 11.3 Å². The maximum absolute atomic E-state index is 14.5. The van der Waals surface area contributed by atoms with Crippen LogP contribution in [0.3, 0.4) is 0 Å². The number of hydrogen-bond donors (Lipinski definition) is 7. The normalized spacial score (nSPS) is 14.5. The molecule has 16 heteroatoms. The van der Waals surface area contributed by atoms with E-state index in [1.807, 2.05) is 58.7 Å². The van der Waals surface area contributed by atoms with Crippen LogP contribution in [0.5, 0.6) is 0 Å². The maximum Gasteiger partial charge on any atom is 0.407 e. The molecule has 2 rings (SSSR count). The fourth-order valence-corrected chi connectivity index (χ4v) is 7.19. The smallest absolute Gasteiger partial charge is 0.407 e. The molecule has 1 aromatic carbocycles. The second-order valence-electron chi connectivity index (χ2n) is 14.9. The zero-order valence-electron chi connectivity index (χ0n) is 34.5. The summed E-state index contributed by atoms with van der Waals surface area (Å²) >= 11 is 1.16. The van der Waals surface area contributed by atoms with Crippen LogP contribution in [0.4, 0.5) is 10.5 Å². The molecule has 1 aromatic heterocycles. The van der Waals surface area contributed by atoms with Crippen LogP contribution in [-0.4, -0.2) is 90.1 Å². The van der Waals surface area contributed by atoms with Crippen molar-refractivity contribution in [3.63, 3.8) is 0 Å². The number of carboxylic acids is 1. The molecule has 6 atom stereocenters. The fraction of sp³-hybridized carbons (Fsp3) is 0.650. The van der Waals surface area contributed by atoms with Crippen molar-refractivity contribution in [2.24, 2.45) is 17.8 Å². The SMILES string of the molecule is CCCN(C(=O)C(NNC(=O)CCCCCNC)C(C)CC)C(CC(OC(=O)NC)c1nc(C(=O)NC(Cc2ccc(N)cc2)CC(C)C(=O)O)cs1)C(C)C. The molecule has 2 aromatic rings. The van der Waals surface area contributed by atoms with Gasteiger partial charge in [0.2, 0.25) is 11.8 Å². The summed E-state index contributed by atoms with van der Waals surface area (Å²) in [5.41, 5.74) is 13.3. The minimum atomic E-state index is -0.968. The van der Waals surface area contributed by atoms with Crippen molar-refractivity contribution in [2.45, 2.75) is 124 Å². The number of ether oxygens (including phenoxy) is 1. The zero-order chi connectivity index (χ0) is 41.8. The molecule has 6 unspecified atom stereocenters. The first-order chi connectivity index (χ1) is 26.6. The lowest BCUT2D eigenvalue weighted by Crippen LogP contribution is -2.58. The van der Waals surface area contributed by atoms with E-state index in [1.54, 1.807) is 24.4 Å². The summed E-state index contributed by atoms with van der Waals surface area (Å²) < 4.78 is 5.86. The Hall–Kier alpha value is -4.28. The molecule has 0 radical (unpaired) electrons. The van der Waals surface area contributed by atoms with Crippen molar-refractivity contribution >= 4 is 46.8 Å². The summed E-state index contributed by atoms with van der Waals surface area (Å²) in [6, 6.07) is 5.57. The number of rotatable bonds is 26. The number of alkyl carbamates (subject to hydrolysis) is 1. The van der Waals surface area contributed by atoms with E-state index in [4.69, 9.17) is 10.5 Å². The number of amides is 4. The number of aliphatic carboxylic acids is 1. The summed E-state index contributed by atoms with van der Waals surface area (Å²) in [5.74, 6) is -2.69. The van der Waals surface area contributed by atoms with Gasteiger partial charge in [0.1, 0.15) is 16.7 Å². The molecule has 314 valence electrons.